The highest BCUT2D eigenvalue weighted by Crippen LogP contribution is 1.95. The summed E-state index contributed by atoms with van der Waals surface area (Å²) in [5.74, 6) is 1.08. The normalized spacial score (nSPS) is 10.6. The van der Waals surface area contributed by atoms with Crippen molar-refractivity contribution in [3.8, 4) is 0 Å². The van der Waals surface area contributed by atoms with E-state index < -0.39 is 0 Å². The van der Waals surface area contributed by atoms with Gasteiger partial charge in [0.1, 0.15) is 5.82 Å². The van der Waals surface area contributed by atoms with Crippen LogP contribution in [-0.4, -0.2) is 29.8 Å². The summed E-state index contributed by atoms with van der Waals surface area (Å²) in [5, 5.41) is 3.26. The SMILES string of the molecule is CCn1ccnc1CNCCOC. The minimum Gasteiger partial charge on any atom is -0.383 e. The van der Waals surface area contributed by atoms with Gasteiger partial charge in [-0.05, 0) is 6.92 Å². The van der Waals surface area contributed by atoms with Crippen molar-refractivity contribution in [2.45, 2.75) is 20.0 Å². The molecule has 0 fully saturated rings. The first-order chi connectivity index (χ1) is 6.38. The van der Waals surface area contributed by atoms with E-state index in [0.29, 0.717) is 0 Å². The standard InChI is InChI=1S/C9H17N3O/c1-3-12-6-4-11-9(12)8-10-5-7-13-2/h4,6,10H,3,5,7-8H2,1-2H3. The molecule has 1 heterocycles. The summed E-state index contributed by atoms with van der Waals surface area (Å²) < 4.78 is 7.05. The van der Waals surface area contributed by atoms with E-state index in [0.717, 1.165) is 32.1 Å². The van der Waals surface area contributed by atoms with Crippen LogP contribution in [-0.2, 0) is 17.8 Å². The molecule has 0 saturated carbocycles. The predicted octanol–water partition coefficient (Wildman–Crippen LogP) is 0.639. The third-order valence-electron chi connectivity index (χ3n) is 1.91. The summed E-state index contributed by atoms with van der Waals surface area (Å²) in [6.07, 6.45) is 3.82. The fourth-order valence-corrected chi connectivity index (χ4v) is 1.17. The number of hydrogen-bond donors (Lipinski definition) is 1. The number of nitrogens with zero attached hydrogens (tertiary/aromatic N) is 2. The third-order valence-corrected chi connectivity index (χ3v) is 1.91. The Balaban J connectivity index is 2.27. The van der Waals surface area contributed by atoms with Crippen LogP contribution in [0.1, 0.15) is 12.7 Å². The molecule has 0 bridgehead atoms. The molecule has 0 spiro atoms. The second-order valence-electron chi connectivity index (χ2n) is 2.80. The van der Waals surface area contributed by atoms with Gasteiger partial charge in [0.05, 0.1) is 13.2 Å². The molecule has 0 amide bonds. The molecule has 0 unspecified atom stereocenters. The Hall–Kier alpha value is -0.870. The lowest BCUT2D eigenvalue weighted by Crippen LogP contribution is -2.20. The highest BCUT2D eigenvalue weighted by atomic mass is 16.5. The quantitative estimate of drug-likeness (QED) is 0.658. The molecule has 4 nitrogen and oxygen atoms in total. The van der Waals surface area contributed by atoms with Gasteiger partial charge >= 0.3 is 0 Å². The van der Waals surface area contributed by atoms with Gasteiger partial charge in [-0.15, -0.1) is 0 Å². The van der Waals surface area contributed by atoms with Gasteiger partial charge in [-0.25, -0.2) is 4.98 Å². The lowest BCUT2D eigenvalue weighted by molar-refractivity contribution is 0.199. The van der Waals surface area contributed by atoms with Gasteiger partial charge in [0.15, 0.2) is 0 Å². The Bertz CT molecular complexity index is 235. The fourth-order valence-electron chi connectivity index (χ4n) is 1.17. The lowest BCUT2D eigenvalue weighted by atomic mass is 10.5. The maximum Gasteiger partial charge on any atom is 0.122 e. The number of rotatable bonds is 6. The Morgan fingerprint density at radius 1 is 1.62 bits per heavy atom. The number of hydrogen-bond acceptors (Lipinski definition) is 3. The molecule has 0 atom stereocenters. The molecule has 1 rings (SSSR count). The molecule has 4 heteroatoms. The van der Waals surface area contributed by atoms with Gasteiger partial charge < -0.3 is 14.6 Å². The van der Waals surface area contributed by atoms with Gasteiger partial charge in [-0.1, -0.05) is 0 Å². The van der Waals surface area contributed by atoms with Crippen molar-refractivity contribution >= 4 is 0 Å². The molecular weight excluding hydrogens is 166 g/mol. The van der Waals surface area contributed by atoms with Gasteiger partial charge in [0, 0.05) is 32.6 Å². The lowest BCUT2D eigenvalue weighted by Gasteiger charge is -2.05. The minimum atomic E-state index is 0.743. The molecule has 0 aromatic carbocycles. The van der Waals surface area contributed by atoms with E-state index in [9.17, 15) is 0 Å². The first-order valence-electron chi connectivity index (χ1n) is 4.58. The molecule has 0 saturated heterocycles. The predicted molar refractivity (Wildman–Crippen MR) is 51.5 cm³/mol. The summed E-state index contributed by atoms with van der Waals surface area (Å²) in [4.78, 5) is 4.24. The topological polar surface area (TPSA) is 39.1 Å². The molecule has 1 aromatic rings. The highest BCUT2D eigenvalue weighted by Gasteiger charge is 1.98. The zero-order chi connectivity index (χ0) is 9.52. The number of nitrogens with one attached hydrogen (secondary N) is 1. The van der Waals surface area contributed by atoms with Crippen LogP contribution in [0.5, 0.6) is 0 Å². The molecule has 74 valence electrons. The van der Waals surface area contributed by atoms with Crippen molar-refractivity contribution in [2.24, 2.45) is 0 Å². The monoisotopic (exact) mass is 183 g/mol. The Labute approximate surface area is 78.9 Å². The van der Waals surface area contributed by atoms with E-state index in [1.54, 1.807) is 7.11 Å². The maximum absolute atomic E-state index is 4.93. The highest BCUT2D eigenvalue weighted by molar-refractivity contribution is 4.91. The minimum absolute atomic E-state index is 0.743. The van der Waals surface area contributed by atoms with E-state index in [4.69, 9.17) is 4.74 Å². The number of ether oxygens (including phenoxy) is 1. The summed E-state index contributed by atoms with van der Waals surface area (Å²) in [6, 6.07) is 0. The molecule has 1 aromatic heterocycles. The van der Waals surface area contributed by atoms with E-state index in [1.807, 2.05) is 12.4 Å². The van der Waals surface area contributed by atoms with Crippen LogP contribution in [0.4, 0.5) is 0 Å². The number of methoxy groups -OCH3 is 1. The van der Waals surface area contributed by atoms with Crippen molar-refractivity contribution in [3.63, 3.8) is 0 Å². The number of aryl methyl sites for hydroxylation is 1. The molecule has 13 heavy (non-hydrogen) atoms. The average molecular weight is 183 g/mol. The second-order valence-corrected chi connectivity index (χ2v) is 2.80. The van der Waals surface area contributed by atoms with Crippen LogP contribution in [0.3, 0.4) is 0 Å². The summed E-state index contributed by atoms with van der Waals surface area (Å²) in [6.45, 7) is 5.51. The van der Waals surface area contributed by atoms with E-state index >= 15 is 0 Å². The van der Waals surface area contributed by atoms with Crippen molar-refractivity contribution in [1.82, 2.24) is 14.9 Å². The number of imidazole rings is 1. The summed E-state index contributed by atoms with van der Waals surface area (Å²) in [5.41, 5.74) is 0. The first kappa shape index (κ1) is 10.2. The van der Waals surface area contributed by atoms with Crippen molar-refractivity contribution < 1.29 is 4.74 Å². The largest absolute Gasteiger partial charge is 0.383 e. The molecule has 0 aliphatic rings. The van der Waals surface area contributed by atoms with E-state index in [1.165, 1.54) is 0 Å². The van der Waals surface area contributed by atoms with Crippen LogP contribution in [0, 0.1) is 0 Å². The van der Waals surface area contributed by atoms with Crippen LogP contribution >= 0.6 is 0 Å². The first-order valence-corrected chi connectivity index (χ1v) is 4.58. The molecule has 0 aliphatic carbocycles. The summed E-state index contributed by atoms with van der Waals surface area (Å²) >= 11 is 0. The van der Waals surface area contributed by atoms with Crippen molar-refractivity contribution in [3.05, 3.63) is 18.2 Å². The molecular formula is C9H17N3O. The molecule has 0 aliphatic heterocycles. The van der Waals surface area contributed by atoms with E-state index in [-0.39, 0.29) is 0 Å². The Morgan fingerprint density at radius 3 is 3.15 bits per heavy atom. The third kappa shape index (κ3) is 3.16. The van der Waals surface area contributed by atoms with Gasteiger partial charge in [-0.2, -0.15) is 0 Å². The van der Waals surface area contributed by atoms with Gasteiger partial charge in [0.25, 0.3) is 0 Å². The molecule has 0 radical (unpaired) electrons. The Morgan fingerprint density at radius 2 is 2.46 bits per heavy atom. The number of aromatic nitrogens is 2. The zero-order valence-electron chi connectivity index (χ0n) is 8.29. The zero-order valence-corrected chi connectivity index (χ0v) is 8.29. The summed E-state index contributed by atoms with van der Waals surface area (Å²) in [7, 11) is 1.70. The van der Waals surface area contributed by atoms with Crippen molar-refractivity contribution in [2.75, 3.05) is 20.3 Å². The van der Waals surface area contributed by atoms with Gasteiger partial charge in [-0.3, -0.25) is 0 Å². The maximum atomic E-state index is 4.93. The smallest absolute Gasteiger partial charge is 0.122 e. The average Bonchev–Trinajstić information content (AvgIpc) is 2.60. The van der Waals surface area contributed by atoms with Crippen LogP contribution in [0.25, 0.3) is 0 Å². The van der Waals surface area contributed by atoms with E-state index in [2.05, 4.69) is 21.8 Å². The molecule has 1 N–H and O–H groups in total. The van der Waals surface area contributed by atoms with Crippen LogP contribution < -0.4 is 5.32 Å². The van der Waals surface area contributed by atoms with Crippen LogP contribution in [0.15, 0.2) is 12.4 Å². The van der Waals surface area contributed by atoms with Crippen molar-refractivity contribution in [1.29, 1.82) is 0 Å². The second kappa shape index (κ2) is 5.72. The van der Waals surface area contributed by atoms with Crippen LogP contribution in [0.2, 0.25) is 0 Å². The van der Waals surface area contributed by atoms with Gasteiger partial charge in [0.2, 0.25) is 0 Å². The Kier molecular flexibility index (Phi) is 4.49. The fraction of sp³-hybridized carbons (Fsp3) is 0.667.